The Hall–Kier alpha value is -0.830. The van der Waals surface area contributed by atoms with Crippen LogP contribution in [0.25, 0.3) is 0 Å². The van der Waals surface area contributed by atoms with Crippen LogP contribution in [0.1, 0.15) is 32.6 Å². The molecule has 0 amide bonds. The van der Waals surface area contributed by atoms with Crippen molar-refractivity contribution in [2.45, 2.75) is 38.1 Å². The van der Waals surface area contributed by atoms with E-state index in [2.05, 4.69) is 18.8 Å². The highest BCUT2D eigenvalue weighted by Crippen LogP contribution is 2.38. The lowest BCUT2D eigenvalue weighted by Crippen LogP contribution is -2.55. The first-order valence-corrected chi connectivity index (χ1v) is 5.65. The molecule has 0 aliphatic heterocycles. The highest BCUT2D eigenvalue weighted by molar-refractivity contribution is 5.81. The predicted molar refractivity (Wildman–Crippen MR) is 60.6 cm³/mol. The number of hydrogen-bond donors (Lipinski definition) is 1. The second-order valence-electron chi connectivity index (χ2n) is 4.13. The van der Waals surface area contributed by atoms with Crippen molar-refractivity contribution in [3.05, 3.63) is 12.7 Å². The molecule has 86 valence electrons. The lowest BCUT2D eigenvalue weighted by atomic mass is 9.85. The number of nitrogens with one attached hydrogen (secondary N) is 1. The van der Waals surface area contributed by atoms with E-state index in [-0.39, 0.29) is 5.97 Å². The van der Waals surface area contributed by atoms with Gasteiger partial charge in [-0.15, -0.1) is 6.58 Å². The molecule has 0 aromatic carbocycles. The quantitative estimate of drug-likeness (QED) is 0.557. The van der Waals surface area contributed by atoms with Gasteiger partial charge in [-0.1, -0.05) is 25.8 Å². The van der Waals surface area contributed by atoms with Crippen LogP contribution in [-0.4, -0.2) is 25.2 Å². The fourth-order valence-electron chi connectivity index (χ4n) is 2.64. The molecule has 0 aromatic heterocycles. The normalized spacial score (nSPS) is 30.1. The number of hydrogen-bond acceptors (Lipinski definition) is 3. The van der Waals surface area contributed by atoms with E-state index in [4.69, 9.17) is 4.74 Å². The van der Waals surface area contributed by atoms with Crippen molar-refractivity contribution >= 4 is 5.97 Å². The summed E-state index contributed by atoms with van der Waals surface area (Å²) in [6.45, 7) is 6.46. The van der Waals surface area contributed by atoms with Crippen LogP contribution >= 0.6 is 0 Å². The zero-order valence-corrected chi connectivity index (χ0v) is 9.71. The van der Waals surface area contributed by atoms with E-state index in [0.717, 1.165) is 25.7 Å². The molecule has 2 atom stereocenters. The molecule has 1 saturated carbocycles. The van der Waals surface area contributed by atoms with Crippen LogP contribution in [0.2, 0.25) is 0 Å². The Morgan fingerprint density at radius 3 is 3.00 bits per heavy atom. The highest BCUT2D eigenvalue weighted by atomic mass is 16.5. The summed E-state index contributed by atoms with van der Waals surface area (Å²) in [5.74, 6) is 0.276. The molecular weight excluding hydrogens is 190 g/mol. The van der Waals surface area contributed by atoms with Gasteiger partial charge < -0.3 is 4.74 Å². The van der Waals surface area contributed by atoms with Crippen molar-refractivity contribution in [3.8, 4) is 0 Å². The third kappa shape index (κ3) is 2.23. The minimum absolute atomic E-state index is 0.117. The monoisotopic (exact) mass is 211 g/mol. The first kappa shape index (κ1) is 12.2. The van der Waals surface area contributed by atoms with Gasteiger partial charge in [0, 0.05) is 6.54 Å². The summed E-state index contributed by atoms with van der Waals surface area (Å²) in [6.07, 6.45) is 5.88. The summed E-state index contributed by atoms with van der Waals surface area (Å²) in [7, 11) is 1.46. The Morgan fingerprint density at radius 1 is 1.73 bits per heavy atom. The van der Waals surface area contributed by atoms with E-state index < -0.39 is 5.54 Å². The lowest BCUT2D eigenvalue weighted by molar-refractivity contribution is -0.150. The maximum Gasteiger partial charge on any atom is 0.326 e. The third-order valence-electron chi connectivity index (χ3n) is 3.42. The molecule has 15 heavy (non-hydrogen) atoms. The Labute approximate surface area is 91.9 Å². The zero-order chi connectivity index (χ0) is 11.3. The molecule has 0 aromatic rings. The lowest BCUT2D eigenvalue weighted by Gasteiger charge is -2.33. The van der Waals surface area contributed by atoms with Crippen LogP contribution in [0.5, 0.6) is 0 Å². The first-order valence-electron chi connectivity index (χ1n) is 5.65. The second-order valence-corrected chi connectivity index (χ2v) is 4.13. The molecule has 0 bridgehead atoms. The number of rotatable bonds is 5. The summed E-state index contributed by atoms with van der Waals surface area (Å²) in [5, 5.41) is 3.30. The minimum atomic E-state index is -0.461. The average molecular weight is 211 g/mol. The summed E-state index contributed by atoms with van der Waals surface area (Å²) in [6, 6.07) is 0. The molecule has 1 fully saturated rings. The average Bonchev–Trinajstić information content (AvgIpc) is 2.69. The van der Waals surface area contributed by atoms with Gasteiger partial charge >= 0.3 is 5.97 Å². The van der Waals surface area contributed by atoms with Crippen molar-refractivity contribution in [2.24, 2.45) is 5.92 Å². The standard InChI is InChI=1S/C12H21NO2/c1-4-9-13-12(11(14)15-3)8-6-7-10(12)5-2/h4,10,13H,1,5-9H2,2-3H3. The van der Waals surface area contributed by atoms with E-state index >= 15 is 0 Å². The molecule has 0 radical (unpaired) electrons. The van der Waals surface area contributed by atoms with Crippen LogP contribution in [0.15, 0.2) is 12.7 Å². The zero-order valence-electron chi connectivity index (χ0n) is 9.71. The van der Waals surface area contributed by atoms with E-state index in [0.29, 0.717) is 12.5 Å². The van der Waals surface area contributed by atoms with Crippen LogP contribution in [0.3, 0.4) is 0 Å². The fourth-order valence-corrected chi connectivity index (χ4v) is 2.64. The molecule has 0 spiro atoms. The molecule has 0 heterocycles. The minimum Gasteiger partial charge on any atom is -0.468 e. The highest BCUT2D eigenvalue weighted by Gasteiger charge is 2.48. The van der Waals surface area contributed by atoms with Crippen molar-refractivity contribution < 1.29 is 9.53 Å². The number of carbonyl (C=O) groups excluding carboxylic acids is 1. The summed E-state index contributed by atoms with van der Waals surface area (Å²) in [5.41, 5.74) is -0.461. The van der Waals surface area contributed by atoms with E-state index in [1.54, 1.807) is 6.08 Å². The van der Waals surface area contributed by atoms with Gasteiger partial charge in [-0.3, -0.25) is 10.1 Å². The van der Waals surface area contributed by atoms with E-state index in [9.17, 15) is 4.79 Å². The van der Waals surface area contributed by atoms with Gasteiger partial charge in [-0.2, -0.15) is 0 Å². The fraction of sp³-hybridized carbons (Fsp3) is 0.750. The largest absolute Gasteiger partial charge is 0.468 e. The first-order chi connectivity index (χ1) is 7.21. The van der Waals surface area contributed by atoms with Gasteiger partial charge in [0.1, 0.15) is 5.54 Å². The van der Waals surface area contributed by atoms with Crippen LogP contribution < -0.4 is 5.32 Å². The molecule has 0 saturated heterocycles. The number of methoxy groups -OCH3 is 1. The van der Waals surface area contributed by atoms with Gasteiger partial charge in [0.05, 0.1) is 7.11 Å². The molecule has 1 rings (SSSR count). The van der Waals surface area contributed by atoms with E-state index in [1.807, 2.05) is 0 Å². The number of ether oxygens (including phenoxy) is 1. The predicted octanol–water partition coefficient (Wildman–Crippen LogP) is 1.88. The molecular formula is C12H21NO2. The Morgan fingerprint density at radius 2 is 2.47 bits per heavy atom. The molecule has 1 aliphatic rings. The van der Waals surface area contributed by atoms with Crippen molar-refractivity contribution in [1.29, 1.82) is 0 Å². The SMILES string of the molecule is C=CCNC1(C(=O)OC)CCCC1CC. The number of carbonyl (C=O) groups is 1. The van der Waals surface area contributed by atoms with Gasteiger partial charge in [0.25, 0.3) is 0 Å². The van der Waals surface area contributed by atoms with Crippen LogP contribution in [0.4, 0.5) is 0 Å². The molecule has 1 N–H and O–H groups in total. The van der Waals surface area contributed by atoms with Gasteiger partial charge in [0.15, 0.2) is 0 Å². The van der Waals surface area contributed by atoms with Crippen molar-refractivity contribution in [3.63, 3.8) is 0 Å². The van der Waals surface area contributed by atoms with Gasteiger partial charge in [-0.25, -0.2) is 0 Å². The summed E-state index contributed by atoms with van der Waals surface area (Å²) < 4.78 is 4.93. The van der Waals surface area contributed by atoms with Crippen LogP contribution in [0, 0.1) is 5.92 Å². The maximum absolute atomic E-state index is 11.9. The Balaban J connectivity index is 2.83. The van der Waals surface area contributed by atoms with Crippen LogP contribution in [-0.2, 0) is 9.53 Å². The number of esters is 1. The van der Waals surface area contributed by atoms with E-state index in [1.165, 1.54) is 7.11 Å². The smallest absolute Gasteiger partial charge is 0.326 e. The molecule has 2 unspecified atom stereocenters. The second kappa shape index (κ2) is 5.31. The molecule has 1 aliphatic carbocycles. The third-order valence-corrected chi connectivity index (χ3v) is 3.42. The molecule has 3 heteroatoms. The summed E-state index contributed by atoms with van der Waals surface area (Å²) in [4.78, 5) is 11.9. The topological polar surface area (TPSA) is 38.3 Å². The Bertz CT molecular complexity index is 240. The van der Waals surface area contributed by atoms with Gasteiger partial charge in [0.2, 0.25) is 0 Å². The Kier molecular flexibility index (Phi) is 4.33. The molecule has 3 nitrogen and oxygen atoms in total. The van der Waals surface area contributed by atoms with Crippen molar-refractivity contribution in [2.75, 3.05) is 13.7 Å². The maximum atomic E-state index is 11.9. The van der Waals surface area contributed by atoms with Gasteiger partial charge in [-0.05, 0) is 18.8 Å². The summed E-state index contributed by atoms with van der Waals surface area (Å²) >= 11 is 0. The van der Waals surface area contributed by atoms with Crippen molar-refractivity contribution in [1.82, 2.24) is 5.32 Å².